The molecule has 2 heterocycles. The summed E-state index contributed by atoms with van der Waals surface area (Å²) in [5.74, 6) is 1.90. The summed E-state index contributed by atoms with van der Waals surface area (Å²) in [7, 11) is 2.07. The third-order valence-electron chi connectivity index (χ3n) is 3.84. The van der Waals surface area contributed by atoms with Gasteiger partial charge in [0.2, 0.25) is 0 Å². The minimum Gasteiger partial charge on any atom is -0.469 e. The SMILES string of the molecule is CCOCCCN=C(NCCc1ccco1)N(C)CCc1ncc(C)s1. The number of nitrogens with one attached hydrogen (secondary N) is 1. The number of nitrogens with zero attached hydrogens (tertiary/aromatic N) is 3. The maximum atomic E-state index is 5.39. The van der Waals surface area contributed by atoms with E-state index in [0.717, 1.165) is 63.8 Å². The van der Waals surface area contributed by atoms with Crippen LogP contribution in [0.4, 0.5) is 0 Å². The molecule has 2 aromatic rings. The number of aryl methyl sites for hydroxylation is 1. The zero-order valence-electron chi connectivity index (χ0n) is 16.0. The largest absolute Gasteiger partial charge is 0.469 e. The van der Waals surface area contributed by atoms with Crippen molar-refractivity contribution in [1.82, 2.24) is 15.2 Å². The molecule has 0 aliphatic carbocycles. The molecule has 1 N–H and O–H groups in total. The molecule has 7 heteroatoms. The summed E-state index contributed by atoms with van der Waals surface area (Å²) < 4.78 is 10.8. The topological polar surface area (TPSA) is 62.9 Å². The predicted octanol–water partition coefficient (Wildman–Crippen LogP) is 3.13. The number of furan rings is 1. The molecule has 0 aliphatic heterocycles. The predicted molar refractivity (Wildman–Crippen MR) is 107 cm³/mol. The van der Waals surface area contributed by atoms with Crippen LogP contribution in [0.3, 0.4) is 0 Å². The number of ether oxygens (including phenoxy) is 1. The van der Waals surface area contributed by atoms with Gasteiger partial charge >= 0.3 is 0 Å². The molecule has 0 saturated carbocycles. The van der Waals surface area contributed by atoms with Crippen LogP contribution in [0.1, 0.15) is 29.0 Å². The van der Waals surface area contributed by atoms with Crippen LogP contribution in [0.5, 0.6) is 0 Å². The minimum atomic E-state index is 0.752. The molecule has 26 heavy (non-hydrogen) atoms. The van der Waals surface area contributed by atoms with Gasteiger partial charge in [0.15, 0.2) is 5.96 Å². The lowest BCUT2D eigenvalue weighted by Crippen LogP contribution is -2.41. The Kier molecular flexibility index (Phi) is 9.20. The lowest BCUT2D eigenvalue weighted by Gasteiger charge is -2.22. The van der Waals surface area contributed by atoms with Gasteiger partial charge in [0, 0.05) is 63.8 Å². The summed E-state index contributed by atoms with van der Waals surface area (Å²) in [6, 6.07) is 3.91. The molecule has 0 fully saturated rings. The van der Waals surface area contributed by atoms with Crippen molar-refractivity contribution >= 4 is 17.3 Å². The molecule has 0 atom stereocenters. The van der Waals surface area contributed by atoms with Gasteiger partial charge in [-0.2, -0.15) is 0 Å². The minimum absolute atomic E-state index is 0.752. The van der Waals surface area contributed by atoms with Gasteiger partial charge in [0.1, 0.15) is 5.76 Å². The smallest absolute Gasteiger partial charge is 0.193 e. The number of rotatable bonds is 11. The molecule has 0 unspecified atom stereocenters. The van der Waals surface area contributed by atoms with E-state index in [2.05, 4.69) is 29.2 Å². The first-order valence-corrected chi connectivity index (χ1v) is 10.0. The third-order valence-corrected chi connectivity index (χ3v) is 4.81. The fraction of sp³-hybridized carbons (Fsp3) is 0.579. The number of aliphatic imine (C=N–C) groups is 1. The number of hydrogen-bond acceptors (Lipinski definition) is 5. The molecule has 0 radical (unpaired) electrons. The summed E-state index contributed by atoms with van der Waals surface area (Å²) in [6.45, 7) is 8.03. The standard InChI is InChI=1S/C19H30N4O2S/c1-4-24-13-6-10-20-19(21-11-8-17-7-5-14-25-17)23(3)12-9-18-22-15-16(2)26-18/h5,7,14-15H,4,6,8-13H2,1-3H3,(H,20,21). The summed E-state index contributed by atoms with van der Waals surface area (Å²) in [5, 5.41) is 4.62. The maximum absolute atomic E-state index is 5.39. The second kappa shape index (κ2) is 11.7. The molecule has 0 bridgehead atoms. The molecule has 0 spiro atoms. The van der Waals surface area contributed by atoms with Gasteiger partial charge in [-0.05, 0) is 32.4 Å². The molecule has 6 nitrogen and oxygen atoms in total. The molecule has 0 aliphatic rings. The highest BCUT2D eigenvalue weighted by molar-refractivity contribution is 7.11. The van der Waals surface area contributed by atoms with Crippen LogP contribution >= 0.6 is 11.3 Å². The van der Waals surface area contributed by atoms with Gasteiger partial charge < -0.3 is 19.4 Å². The number of guanidine groups is 1. The molecule has 0 amide bonds. The van der Waals surface area contributed by atoms with Gasteiger partial charge in [-0.1, -0.05) is 0 Å². The van der Waals surface area contributed by atoms with E-state index < -0.39 is 0 Å². The van der Waals surface area contributed by atoms with E-state index in [-0.39, 0.29) is 0 Å². The van der Waals surface area contributed by atoms with Crippen molar-refractivity contribution in [1.29, 1.82) is 0 Å². The first kappa shape index (κ1) is 20.5. The van der Waals surface area contributed by atoms with Crippen molar-refractivity contribution in [3.8, 4) is 0 Å². The van der Waals surface area contributed by atoms with Crippen LogP contribution < -0.4 is 5.32 Å². The number of likely N-dealkylation sites (N-methyl/N-ethyl adjacent to an activating group) is 1. The molecule has 0 saturated heterocycles. The third kappa shape index (κ3) is 7.58. The summed E-state index contributed by atoms with van der Waals surface area (Å²) in [6.07, 6.45) is 6.33. The van der Waals surface area contributed by atoms with E-state index in [1.807, 2.05) is 25.3 Å². The Morgan fingerprint density at radius 2 is 2.31 bits per heavy atom. The van der Waals surface area contributed by atoms with E-state index in [1.54, 1.807) is 17.6 Å². The zero-order chi connectivity index (χ0) is 18.6. The maximum Gasteiger partial charge on any atom is 0.193 e. The summed E-state index contributed by atoms with van der Waals surface area (Å²) in [5.41, 5.74) is 0. The van der Waals surface area contributed by atoms with Crippen molar-refractivity contribution in [3.05, 3.63) is 40.2 Å². The van der Waals surface area contributed by atoms with Gasteiger partial charge in [-0.15, -0.1) is 11.3 Å². The van der Waals surface area contributed by atoms with Crippen LogP contribution in [0.15, 0.2) is 34.0 Å². The zero-order valence-corrected chi connectivity index (χ0v) is 16.8. The lowest BCUT2D eigenvalue weighted by atomic mass is 10.3. The number of hydrogen-bond donors (Lipinski definition) is 1. The van der Waals surface area contributed by atoms with Crippen LogP contribution in [0.2, 0.25) is 0 Å². The van der Waals surface area contributed by atoms with Gasteiger partial charge in [-0.3, -0.25) is 4.99 Å². The fourth-order valence-electron chi connectivity index (χ4n) is 2.45. The first-order chi connectivity index (χ1) is 12.7. The van der Waals surface area contributed by atoms with Crippen molar-refractivity contribution in [2.45, 2.75) is 33.1 Å². The highest BCUT2D eigenvalue weighted by Crippen LogP contribution is 2.11. The molecule has 2 aromatic heterocycles. The molecule has 0 aromatic carbocycles. The Hall–Kier alpha value is -1.86. The number of aromatic nitrogens is 1. The van der Waals surface area contributed by atoms with Gasteiger partial charge in [0.25, 0.3) is 0 Å². The van der Waals surface area contributed by atoms with Crippen molar-refractivity contribution in [2.24, 2.45) is 4.99 Å². The van der Waals surface area contributed by atoms with Gasteiger partial charge in [0.05, 0.1) is 11.3 Å². The second-order valence-corrected chi connectivity index (χ2v) is 7.37. The van der Waals surface area contributed by atoms with E-state index in [9.17, 15) is 0 Å². The van der Waals surface area contributed by atoms with Crippen LogP contribution in [0, 0.1) is 6.92 Å². The fourth-order valence-corrected chi connectivity index (χ4v) is 3.22. The van der Waals surface area contributed by atoms with Gasteiger partial charge in [-0.25, -0.2) is 4.98 Å². The quantitative estimate of drug-likeness (QED) is 0.370. The van der Waals surface area contributed by atoms with E-state index >= 15 is 0 Å². The first-order valence-electron chi connectivity index (χ1n) is 9.20. The van der Waals surface area contributed by atoms with Crippen LogP contribution in [0.25, 0.3) is 0 Å². The molecule has 2 rings (SSSR count). The van der Waals surface area contributed by atoms with E-state index in [4.69, 9.17) is 14.1 Å². The summed E-state index contributed by atoms with van der Waals surface area (Å²) >= 11 is 1.76. The van der Waals surface area contributed by atoms with Crippen molar-refractivity contribution in [3.63, 3.8) is 0 Å². The highest BCUT2D eigenvalue weighted by atomic mass is 32.1. The Labute approximate surface area is 160 Å². The monoisotopic (exact) mass is 378 g/mol. The molecule has 144 valence electrons. The second-order valence-electron chi connectivity index (χ2n) is 6.05. The van der Waals surface area contributed by atoms with E-state index in [0.29, 0.717) is 0 Å². The molecular formula is C19H30N4O2S. The Bertz CT molecular complexity index is 640. The van der Waals surface area contributed by atoms with Crippen LogP contribution in [-0.2, 0) is 17.6 Å². The van der Waals surface area contributed by atoms with Crippen molar-refractivity contribution < 1.29 is 9.15 Å². The van der Waals surface area contributed by atoms with Crippen molar-refractivity contribution in [2.75, 3.05) is 39.9 Å². The normalized spacial score (nSPS) is 11.7. The summed E-state index contributed by atoms with van der Waals surface area (Å²) in [4.78, 5) is 12.6. The highest BCUT2D eigenvalue weighted by Gasteiger charge is 2.08. The molecular weight excluding hydrogens is 348 g/mol. The lowest BCUT2D eigenvalue weighted by molar-refractivity contribution is 0.146. The average Bonchev–Trinajstić information content (AvgIpc) is 3.29. The Morgan fingerprint density at radius 3 is 3.00 bits per heavy atom. The Morgan fingerprint density at radius 1 is 1.42 bits per heavy atom. The average molecular weight is 379 g/mol. The number of thiazole rings is 1. The van der Waals surface area contributed by atoms with E-state index in [1.165, 1.54) is 9.88 Å². The Balaban J connectivity index is 1.83. The van der Waals surface area contributed by atoms with Crippen LogP contribution in [-0.4, -0.2) is 55.7 Å².